The molecule has 0 saturated carbocycles. The molecule has 1 aliphatic heterocycles. The van der Waals surface area contributed by atoms with Crippen LogP contribution in [0.4, 0.5) is 0 Å². The zero-order valence-electron chi connectivity index (χ0n) is 11.8. The van der Waals surface area contributed by atoms with E-state index in [2.05, 4.69) is 24.1 Å². The summed E-state index contributed by atoms with van der Waals surface area (Å²) in [6, 6.07) is 0. The Morgan fingerprint density at radius 3 is 2.89 bits per heavy atom. The summed E-state index contributed by atoms with van der Waals surface area (Å²) in [6.07, 6.45) is 5.57. The zero-order chi connectivity index (χ0) is 13.7. The maximum Gasteiger partial charge on any atom is 0.313 e. The molecule has 2 rings (SSSR count). The van der Waals surface area contributed by atoms with Crippen molar-refractivity contribution in [1.29, 1.82) is 0 Å². The number of piperidine rings is 1. The minimum absolute atomic E-state index is 0.120. The van der Waals surface area contributed by atoms with Crippen LogP contribution < -0.4 is 15.6 Å². The molecule has 1 aromatic rings. The van der Waals surface area contributed by atoms with E-state index in [-0.39, 0.29) is 11.4 Å². The molecule has 5 nitrogen and oxygen atoms in total. The minimum Gasteiger partial charge on any atom is -0.473 e. The predicted molar refractivity (Wildman–Crippen MR) is 74.4 cm³/mol. The number of nitrogens with one attached hydrogen (secondary N) is 1. The van der Waals surface area contributed by atoms with Crippen molar-refractivity contribution in [3.63, 3.8) is 0 Å². The Hall–Kier alpha value is -1.36. The molecular weight excluding hydrogens is 242 g/mol. The van der Waals surface area contributed by atoms with Crippen molar-refractivity contribution < 1.29 is 4.74 Å². The second-order valence-electron chi connectivity index (χ2n) is 5.59. The largest absolute Gasteiger partial charge is 0.473 e. The van der Waals surface area contributed by atoms with E-state index < -0.39 is 0 Å². The van der Waals surface area contributed by atoms with Gasteiger partial charge in [0.2, 0.25) is 0 Å². The first-order valence-electron chi connectivity index (χ1n) is 7.05. The summed E-state index contributed by atoms with van der Waals surface area (Å²) in [5, 5.41) is 3.32. The van der Waals surface area contributed by atoms with Gasteiger partial charge in [-0.2, -0.15) is 0 Å². The topological polar surface area (TPSA) is 56.1 Å². The normalized spacial score (nSPS) is 16.8. The Morgan fingerprint density at radius 1 is 1.47 bits per heavy atom. The molecule has 0 atom stereocenters. The lowest BCUT2D eigenvalue weighted by atomic mass is 9.99. The lowest BCUT2D eigenvalue weighted by Gasteiger charge is -2.22. The summed E-state index contributed by atoms with van der Waals surface area (Å²) in [6.45, 7) is 7.53. The SMILES string of the molecule is CC(C)Cn1ccnc(OCC2CCNCC2)c1=O. The molecule has 106 valence electrons. The molecule has 5 heteroatoms. The van der Waals surface area contributed by atoms with Gasteiger partial charge in [-0.3, -0.25) is 4.79 Å². The standard InChI is InChI=1S/C14H23N3O2/c1-11(2)9-17-8-7-16-13(14(17)18)19-10-12-3-5-15-6-4-12/h7-8,11-12,15H,3-6,9-10H2,1-2H3. The van der Waals surface area contributed by atoms with Crippen molar-refractivity contribution in [2.45, 2.75) is 33.2 Å². The fourth-order valence-corrected chi connectivity index (χ4v) is 2.31. The fraction of sp³-hybridized carbons (Fsp3) is 0.714. The highest BCUT2D eigenvalue weighted by Gasteiger charge is 2.15. The van der Waals surface area contributed by atoms with Crippen LogP contribution in [0.2, 0.25) is 0 Å². The number of nitrogens with zero attached hydrogens (tertiary/aromatic N) is 2. The number of ether oxygens (including phenoxy) is 1. The van der Waals surface area contributed by atoms with Crippen LogP contribution in [-0.2, 0) is 6.54 Å². The van der Waals surface area contributed by atoms with E-state index in [1.54, 1.807) is 17.0 Å². The van der Waals surface area contributed by atoms with E-state index in [1.807, 2.05) is 0 Å². The predicted octanol–water partition coefficient (Wildman–Crippen LogP) is 1.28. The molecule has 0 spiro atoms. The third-order valence-electron chi connectivity index (χ3n) is 3.36. The van der Waals surface area contributed by atoms with Gasteiger partial charge >= 0.3 is 5.56 Å². The molecule has 19 heavy (non-hydrogen) atoms. The highest BCUT2D eigenvalue weighted by Crippen LogP contribution is 2.12. The van der Waals surface area contributed by atoms with Crippen LogP contribution in [0.25, 0.3) is 0 Å². The van der Waals surface area contributed by atoms with Crippen LogP contribution in [-0.4, -0.2) is 29.2 Å². The number of rotatable bonds is 5. The summed E-state index contributed by atoms with van der Waals surface area (Å²) >= 11 is 0. The van der Waals surface area contributed by atoms with Gasteiger partial charge in [0, 0.05) is 18.9 Å². The molecule has 1 N–H and O–H groups in total. The Morgan fingerprint density at radius 2 is 2.21 bits per heavy atom. The molecule has 1 aliphatic rings. The lowest BCUT2D eigenvalue weighted by molar-refractivity contribution is 0.205. The molecule has 0 bridgehead atoms. The second kappa shape index (κ2) is 6.70. The van der Waals surface area contributed by atoms with Gasteiger partial charge in [-0.25, -0.2) is 4.98 Å². The van der Waals surface area contributed by atoms with E-state index in [0.717, 1.165) is 25.9 Å². The molecule has 2 heterocycles. The van der Waals surface area contributed by atoms with E-state index in [0.29, 0.717) is 25.0 Å². The molecule has 1 aromatic heterocycles. The first-order valence-corrected chi connectivity index (χ1v) is 7.05. The third kappa shape index (κ3) is 4.06. The minimum atomic E-state index is -0.120. The molecule has 0 amide bonds. The Kier molecular flexibility index (Phi) is 4.96. The average Bonchev–Trinajstić information content (AvgIpc) is 2.40. The molecular formula is C14H23N3O2. The quantitative estimate of drug-likeness (QED) is 0.871. The number of hydrogen-bond acceptors (Lipinski definition) is 4. The summed E-state index contributed by atoms with van der Waals surface area (Å²) in [5.41, 5.74) is -0.120. The maximum atomic E-state index is 12.1. The molecule has 1 fully saturated rings. The summed E-state index contributed by atoms with van der Waals surface area (Å²) in [7, 11) is 0. The monoisotopic (exact) mass is 265 g/mol. The van der Waals surface area contributed by atoms with Crippen LogP contribution in [0, 0.1) is 11.8 Å². The van der Waals surface area contributed by atoms with Gasteiger partial charge in [0.1, 0.15) is 0 Å². The first kappa shape index (κ1) is 14.1. The van der Waals surface area contributed by atoms with Crippen molar-refractivity contribution in [3.05, 3.63) is 22.7 Å². The van der Waals surface area contributed by atoms with E-state index >= 15 is 0 Å². The fourth-order valence-electron chi connectivity index (χ4n) is 2.31. The van der Waals surface area contributed by atoms with Gasteiger partial charge in [0.05, 0.1) is 6.61 Å². The summed E-state index contributed by atoms with van der Waals surface area (Å²) in [5.74, 6) is 1.19. The van der Waals surface area contributed by atoms with E-state index in [1.165, 1.54) is 0 Å². The Balaban J connectivity index is 1.97. The number of aromatic nitrogens is 2. The molecule has 0 aromatic carbocycles. The highest BCUT2D eigenvalue weighted by molar-refractivity contribution is 5.04. The second-order valence-corrected chi connectivity index (χ2v) is 5.59. The van der Waals surface area contributed by atoms with Gasteiger partial charge < -0.3 is 14.6 Å². The van der Waals surface area contributed by atoms with Gasteiger partial charge in [-0.15, -0.1) is 0 Å². The molecule has 0 unspecified atom stereocenters. The first-order chi connectivity index (χ1) is 9.16. The average molecular weight is 265 g/mol. The zero-order valence-corrected chi connectivity index (χ0v) is 11.8. The Labute approximate surface area is 114 Å². The highest BCUT2D eigenvalue weighted by atomic mass is 16.5. The summed E-state index contributed by atoms with van der Waals surface area (Å²) < 4.78 is 7.30. The van der Waals surface area contributed by atoms with Gasteiger partial charge in [0.15, 0.2) is 0 Å². The van der Waals surface area contributed by atoms with Crippen LogP contribution in [0.3, 0.4) is 0 Å². The molecule has 0 aliphatic carbocycles. The van der Waals surface area contributed by atoms with Gasteiger partial charge in [0.25, 0.3) is 5.88 Å². The van der Waals surface area contributed by atoms with Crippen LogP contribution >= 0.6 is 0 Å². The lowest BCUT2D eigenvalue weighted by Crippen LogP contribution is -2.32. The van der Waals surface area contributed by atoms with Crippen LogP contribution in [0.5, 0.6) is 5.88 Å². The Bertz CT molecular complexity index is 450. The summed E-state index contributed by atoms with van der Waals surface area (Å²) in [4.78, 5) is 16.2. The van der Waals surface area contributed by atoms with E-state index in [9.17, 15) is 4.79 Å². The van der Waals surface area contributed by atoms with Crippen molar-refractivity contribution in [1.82, 2.24) is 14.9 Å². The van der Waals surface area contributed by atoms with Gasteiger partial charge in [-0.1, -0.05) is 13.8 Å². The van der Waals surface area contributed by atoms with E-state index in [4.69, 9.17) is 4.74 Å². The van der Waals surface area contributed by atoms with Crippen molar-refractivity contribution in [2.75, 3.05) is 19.7 Å². The smallest absolute Gasteiger partial charge is 0.313 e. The van der Waals surface area contributed by atoms with Crippen LogP contribution in [0.15, 0.2) is 17.2 Å². The molecule has 1 saturated heterocycles. The number of hydrogen-bond donors (Lipinski definition) is 1. The molecule has 0 radical (unpaired) electrons. The maximum absolute atomic E-state index is 12.1. The van der Waals surface area contributed by atoms with Crippen molar-refractivity contribution in [3.8, 4) is 5.88 Å². The van der Waals surface area contributed by atoms with Crippen molar-refractivity contribution >= 4 is 0 Å². The van der Waals surface area contributed by atoms with Gasteiger partial charge in [-0.05, 0) is 37.8 Å². The van der Waals surface area contributed by atoms with Crippen molar-refractivity contribution in [2.24, 2.45) is 11.8 Å². The third-order valence-corrected chi connectivity index (χ3v) is 3.36. The van der Waals surface area contributed by atoms with Crippen LogP contribution in [0.1, 0.15) is 26.7 Å².